The normalized spacial score (nSPS) is 16.7. The summed E-state index contributed by atoms with van der Waals surface area (Å²) in [5, 5.41) is 11.3. The molecule has 8 rings (SSSR count). The number of H-pyrrole nitrogens is 1. The first-order valence-corrected chi connectivity index (χ1v) is 20.6. The number of benzene rings is 5. The molecule has 1 aliphatic carbocycles. The van der Waals surface area contributed by atoms with Crippen LogP contribution in [0.4, 0.5) is 0 Å². The minimum absolute atomic E-state index is 0.0171. The second kappa shape index (κ2) is 16.5. The lowest BCUT2D eigenvalue weighted by molar-refractivity contribution is -0.155. The summed E-state index contributed by atoms with van der Waals surface area (Å²) in [7, 11) is 0. The molecule has 59 heavy (non-hydrogen) atoms. The van der Waals surface area contributed by atoms with Crippen molar-refractivity contribution < 1.29 is 29.0 Å². The Morgan fingerprint density at radius 3 is 2.41 bits per heavy atom. The molecule has 0 spiro atoms. The predicted octanol–water partition coefficient (Wildman–Crippen LogP) is 9.35. The second-order valence-electron chi connectivity index (χ2n) is 16.9. The van der Waals surface area contributed by atoms with Gasteiger partial charge in [-0.05, 0) is 152 Å². The van der Waals surface area contributed by atoms with Crippen LogP contribution < -0.4 is 10.5 Å². The smallest absolute Gasteiger partial charge is 0.306 e. The zero-order chi connectivity index (χ0) is 41.3. The van der Waals surface area contributed by atoms with Gasteiger partial charge in [-0.3, -0.25) is 14.4 Å². The third kappa shape index (κ3) is 8.75. The zero-order valence-corrected chi connectivity index (χ0v) is 33.9. The maximum absolute atomic E-state index is 13.4. The average Bonchev–Trinajstić information content (AvgIpc) is 3.78. The molecule has 1 aromatic heterocycles. The number of phenolic OH excluding ortho intramolecular Hbond substituents is 1. The first-order valence-electron chi connectivity index (χ1n) is 20.6. The fourth-order valence-corrected chi connectivity index (χ4v) is 8.88. The Bertz CT molecular complexity index is 2500. The first-order chi connectivity index (χ1) is 28.4. The highest BCUT2D eigenvalue weighted by Gasteiger charge is 2.36. The molecule has 302 valence electrons. The van der Waals surface area contributed by atoms with Gasteiger partial charge in [0.2, 0.25) is 5.91 Å². The lowest BCUT2D eigenvalue weighted by Crippen LogP contribution is -2.45. The van der Waals surface area contributed by atoms with Crippen LogP contribution in [0.15, 0.2) is 115 Å². The molecule has 0 unspecified atom stereocenters. The van der Waals surface area contributed by atoms with Crippen LogP contribution in [-0.2, 0) is 33.7 Å². The Labute approximate surface area is 345 Å². The van der Waals surface area contributed by atoms with E-state index in [9.17, 15) is 19.5 Å². The number of amides is 2. The van der Waals surface area contributed by atoms with E-state index in [4.69, 9.17) is 15.2 Å². The zero-order valence-electron chi connectivity index (χ0n) is 33.9. The Hall–Kier alpha value is -6.35. The molecule has 0 bridgehead atoms. The molecule has 4 N–H and O–H groups in total. The van der Waals surface area contributed by atoms with Crippen molar-refractivity contribution in [2.45, 2.75) is 89.3 Å². The molecule has 2 amide bonds. The first kappa shape index (κ1) is 39.5. The van der Waals surface area contributed by atoms with Crippen molar-refractivity contribution in [1.82, 2.24) is 9.88 Å². The number of nitrogens with one attached hydrogen (secondary N) is 1. The summed E-state index contributed by atoms with van der Waals surface area (Å²) in [5.74, 6) is 0.362. The Morgan fingerprint density at radius 2 is 1.64 bits per heavy atom. The number of fused-ring (bicyclic) bond motifs is 3. The van der Waals surface area contributed by atoms with Crippen LogP contribution in [0, 0.1) is 0 Å². The Morgan fingerprint density at radius 1 is 0.881 bits per heavy atom. The highest BCUT2D eigenvalue weighted by Crippen LogP contribution is 2.47. The number of rotatable bonds is 13. The summed E-state index contributed by atoms with van der Waals surface area (Å²) in [5.41, 5.74) is 15.7. The number of nitrogens with two attached hydrogens (primary N) is 1. The predicted molar refractivity (Wildman–Crippen MR) is 229 cm³/mol. The quantitative estimate of drug-likeness (QED) is 0.0789. The van der Waals surface area contributed by atoms with Crippen molar-refractivity contribution in [1.29, 1.82) is 0 Å². The molecule has 6 aromatic rings. The van der Waals surface area contributed by atoms with Crippen LogP contribution in [-0.4, -0.2) is 51.0 Å². The highest BCUT2D eigenvalue weighted by molar-refractivity contribution is 6.01. The number of nitrogens with zero attached hydrogens (tertiary/aromatic N) is 1. The summed E-state index contributed by atoms with van der Waals surface area (Å²) in [6.45, 7) is 6.17. The molecular formula is C50H51N3O6. The average molecular weight is 790 g/mol. The molecule has 9 heteroatoms. The van der Waals surface area contributed by atoms with Crippen molar-refractivity contribution in [3.8, 4) is 22.6 Å². The Balaban J connectivity index is 0.882. The van der Waals surface area contributed by atoms with Crippen molar-refractivity contribution >= 4 is 28.7 Å². The van der Waals surface area contributed by atoms with E-state index in [1.165, 1.54) is 27.2 Å². The van der Waals surface area contributed by atoms with Crippen LogP contribution in [0.25, 0.3) is 22.0 Å². The summed E-state index contributed by atoms with van der Waals surface area (Å²) in [6, 6.07) is 38.4. The van der Waals surface area contributed by atoms with Gasteiger partial charge in [0.1, 0.15) is 23.1 Å². The number of hydrogen-bond acceptors (Lipinski definition) is 6. The van der Waals surface area contributed by atoms with Crippen LogP contribution >= 0.6 is 0 Å². The number of esters is 1. The minimum atomic E-state index is -0.915. The lowest BCUT2D eigenvalue weighted by atomic mass is 9.69. The van der Waals surface area contributed by atoms with Crippen LogP contribution in [0.5, 0.6) is 11.5 Å². The topological polar surface area (TPSA) is 135 Å². The summed E-state index contributed by atoms with van der Waals surface area (Å²) in [6.07, 6.45) is 3.72. The molecule has 0 saturated heterocycles. The maximum Gasteiger partial charge on any atom is 0.306 e. The maximum atomic E-state index is 13.4. The van der Waals surface area contributed by atoms with Gasteiger partial charge in [-0.15, -0.1) is 0 Å². The third-order valence-electron chi connectivity index (χ3n) is 11.6. The second-order valence-corrected chi connectivity index (χ2v) is 16.9. The van der Waals surface area contributed by atoms with Crippen molar-refractivity contribution in [2.24, 2.45) is 5.73 Å². The third-order valence-corrected chi connectivity index (χ3v) is 11.6. The molecule has 0 radical (unpaired) electrons. The summed E-state index contributed by atoms with van der Waals surface area (Å²) >= 11 is 0. The molecule has 2 aliphatic rings. The van der Waals surface area contributed by atoms with Gasteiger partial charge in [-0.2, -0.15) is 0 Å². The molecule has 9 nitrogen and oxygen atoms in total. The van der Waals surface area contributed by atoms with E-state index >= 15 is 0 Å². The number of aromatic amines is 1. The van der Waals surface area contributed by atoms with E-state index in [0.29, 0.717) is 23.8 Å². The Kier molecular flexibility index (Phi) is 11.0. The number of ether oxygens (including phenoxy) is 2. The molecule has 0 saturated carbocycles. The fourth-order valence-electron chi connectivity index (χ4n) is 8.88. The molecule has 5 aromatic carbocycles. The molecule has 3 atom stereocenters. The van der Waals surface area contributed by atoms with E-state index in [1.54, 1.807) is 26.8 Å². The minimum Gasteiger partial charge on any atom is -0.508 e. The van der Waals surface area contributed by atoms with E-state index in [1.807, 2.05) is 24.3 Å². The van der Waals surface area contributed by atoms with Crippen LogP contribution in [0.3, 0.4) is 0 Å². The van der Waals surface area contributed by atoms with Gasteiger partial charge >= 0.3 is 5.97 Å². The SMILES string of the molecule is CC(C)(C)OC(=O)CC[C@@H](C(N)=O)N1Cc2cc(-c3ccc4[nH]c(CCCOc5ccc([C@@H]6c7ccc(O)cc7CC[C@@H]6c6ccccc6)cc5)cc4c3)ccc2C1=O. The molecule has 2 heterocycles. The number of aromatic hydroxyl groups is 1. The lowest BCUT2D eigenvalue weighted by Gasteiger charge is -2.34. The van der Waals surface area contributed by atoms with Crippen molar-refractivity contribution in [3.05, 3.63) is 154 Å². The molecule has 0 fully saturated rings. The van der Waals surface area contributed by atoms with Gasteiger partial charge in [0.25, 0.3) is 5.91 Å². The van der Waals surface area contributed by atoms with Crippen molar-refractivity contribution in [3.63, 3.8) is 0 Å². The van der Waals surface area contributed by atoms with E-state index < -0.39 is 23.5 Å². The van der Waals surface area contributed by atoms with Gasteiger partial charge in [0.15, 0.2) is 0 Å². The summed E-state index contributed by atoms with van der Waals surface area (Å²) < 4.78 is 11.6. The number of aromatic nitrogens is 1. The van der Waals surface area contributed by atoms with Gasteiger partial charge < -0.3 is 30.2 Å². The molecule has 1 aliphatic heterocycles. The monoisotopic (exact) mass is 789 g/mol. The van der Waals surface area contributed by atoms with E-state index in [2.05, 4.69) is 89.9 Å². The largest absolute Gasteiger partial charge is 0.508 e. The van der Waals surface area contributed by atoms with Gasteiger partial charge in [0, 0.05) is 41.0 Å². The fraction of sp³-hybridized carbons (Fsp3) is 0.300. The standard InChI is InChI=1S/C50H51N3O6/c1-50(2,3)59-46(55)24-23-45(48(51)56)53-30-37-27-33(13-20-43(37)49(53)57)34-15-22-44-36(26-34)28-38(52-44)10-7-25-58-40-17-11-32(12-18-40)47-41(31-8-5-4-6-9-31)19-14-35-29-39(54)16-21-42(35)47/h4-6,8-9,11-13,15-18,20-22,26-29,41,45,47,52,54H,7,10,14,19,23-25,30H2,1-3H3,(H2,51,56)/t41-,45+,47+/m1/s1. The molecular weight excluding hydrogens is 739 g/mol. The van der Waals surface area contributed by atoms with E-state index in [-0.39, 0.29) is 31.2 Å². The van der Waals surface area contributed by atoms with E-state index in [0.717, 1.165) is 64.7 Å². The van der Waals surface area contributed by atoms with Gasteiger partial charge in [-0.25, -0.2) is 0 Å². The van der Waals surface area contributed by atoms with Crippen molar-refractivity contribution in [2.75, 3.05) is 6.61 Å². The number of primary amides is 1. The number of hydrogen-bond donors (Lipinski definition) is 3. The van der Waals surface area contributed by atoms with Crippen LogP contribution in [0.1, 0.15) is 102 Å². The van der Waals surface area contributed by atoms with Crippen LogP contribution in [0.2, 0.25) is 0 Å². The number of carbonyl (C=O) groups excluding carboxylic acids is 3. The summed E-state index contributed by atoms with van der Waals surface area (Å²) in [4.78, 5) is 43.2. The highest BCUT2D eigenvalue weighted by atomic mass is 16.6. The van der Waals surface area contributed by atoms with Gasteiger partial charge in [-0.1, -0.05) is 60.7 Å². The van der Waals surface area contributed by atoms with Gasteiger partial charge in [0.05, 0.1) is 6.61 Å². The number of phenols is 1. The number of carbonyl (C=O) groups is 3. The number of aryl methyl sites for hydroxylation is 2.